The molecule has 0 saturated carbocycles. The molecule has 3 aromatic rings. The summed E-state index contributed by atoms with van der Waals surface area (Å²) in [6.45, 7) is 0.332. The van der Waals surface area contributed by atoms with Crippen LogP contribution in [0.4, 0.5) is 13.2 Å². The first kappa shape index (κ1) is 15.1. The van der Waals surface area contributed by atoms with E-state index in [2.05, 4.69) is 5.10 Å². The van der Waals surface area contributed by atoms with Crippen LogP contribution in [0.3, 0.4) is 0 Å². The van der Waals surface area contributed by atoms with Crippen molar-refractivity contribution in [1.82, 2.24) is 9.78 Å². The third-order valence-corrected chi connectivity index (χ3v) is 3.47. The topological polar surface area (TPSA) is 60.9 Å². The predicted molar refractivity (Wildman–Crippen MR) is 78.8 cm³/mol. The van der Waals surface area contributed by atoms with E-state index in [0.29, 0.717) is 23.2 Å². The molecule has 1 heterocycles. The molecule has 1 aromatic heterocycles. The van der Waals surface area contributed by atoms with E-state index in [4.69, 9.17) is 5.73 Å². The van der Waals surface area contributed by atoms with Crippen molar-refractivity contribution in [2.24, 2.45) is 5.73 Å². The molecule has 2 N–H and O–H groups in total. The summed E-state index contributed by atoms with van der Waals surface area (Å²) in [5.41, 5.74) is 6.20. The molecule has 118 valence electrons. The van der Waals surface area contributed by atoms with Gasteiger partial charge in [-0.2, -0.15) is 18.3 Å². The summed E-state index contributed by atoms with van der Waals surface area (Å²) in [4.78, 5) is 11.2. The largest absolute Gasteiger partial charge is 0.416 e. The number of hydrogen-bond acceptors (Lipinski definition) is 2. The van der Waals surface area contributed by atoms with Gasteiger partial charge in [0.05, 0.1) is 17.6 Å². The number of alkyl halides is 3. The molecule has 0 aliphatic carbocycles. The summed E-state index contributed by atoms with van der Waals surface area (Å²) in [6, 6.07) is 9.85. The molecule has 3 rings (SSSR count). The number of fused-ring (bicyclic) bond motifs is 1. The SMILES string of the molecule is NC(=O)c1ccc2cn(Cc3ccc(C(F)(F)F)cc3)nc2c1. The molecule has 1 amide bonds. The summed E-state index contributed by atoms with van der Waals surface area (Å²) in [5.74, 6) is -0.538. The monoisotopic (exact) mass is 319 g/mol. The van der Waals surface area contributed by atoms with Gasteiger partial charge in [0, 0.05) is 17.1 Å². The number of nitrogens with zero attached hydrogens (tertiary/aromatic N) is 2. The zero-order valence-electron chi connectivity index (χ0n) is 11.8. The molecule has 0 atom stereocenters. The maximum absolute atomic E-state index is 12.5. The first-order valence-corrected chi connectivity index (χ1v) is 6.76. The van der Waals surface area contributed by atoms with Gasteiger partial charge in [-0.1, -0.05) is 18.2 Å². The van der Waals surface area contributed by atoms with Gasteiger partial charge in [0.15, 0.2) is 0 Å². The zero-order chi connectivity index (χ0) is 16.6. The van der Waals surface area contributed by atoms with Crippen LogP contribution in [0, 0.1) is 0 Å². The maximum Gasteiger partial charge on any atom is 0.416 e. The minimum atomic E-state index is -4.34. The van der Waals surface area contributed by atoms with E-state index in [1.54, 1.807) is 29.1 Å². The van der Waals surface area contributed by atoms with Gasteiger partial charge in [0.1, 0.15) is 0 Å². The van der Waals surface area contributed by atoms with Crippen molar-refractivity contribution in [1.29, 1.82) is 0 Å². The van der Waals surface area contributed by atoms with E-state index < -0.39 is 17.6 Å². The molecule has 2 aromatic carbocycles. The molecular weight excluding hydrogens is 307 g/mol. The highest BCUT2D eigenvalue weighted by Gasteiger charge is 2.29. The summed E-state index contributed by atoms with van der Waals surface area (Å²) >= 11 is 0. The Hall–Kier alpha value is -2.83. The summed E-state index contributed by atoms with van der Waals surface area (Å²) in [7, 11) is 0. The number of nitrogens with two attached hydrogens (primary N) is 1. The average Bonchev–Trinajstić information content (AvgIpc) is 2.87. The number of benzene rings is 2. The highest BCUT2D eigenvalue weighted by Crippen LogP contribution is 2.29. The van der Waals surface area contributed by atoms with E-state index in [0.717, 1.165) is 17.5 Å². The molecule has 0 saturated heterocycles. The number of amides is 1. The summed E-state index contributed by atoms with van der Waals surface area (Å²) in [5, 5.41) is 5.13. The van der Waals surface area contributed by atoms with E-state index in [-0.39, 0.29) is 0 Å². The van der Waals surface area contributed by atoms with Gasteiger partial charge < -0.3 is 5.73 Å². The van der Waals surface area contributed by atoms with E-state index in [9.17, 15) is 18.0 Å². The van der Waals surface area contributed by atoms with Crippen molar-refractivity contribution >= 4 is 16.8 Å². The van der Waals surface area contributed by atoms with Crippen molar-refractivity contribution in [3.63, 3.8) is 0 Å². The molecule has 0 aliphatic heterocycles. The van der Waals surface area contributed by atoms with Crippen LogP contribution in [-0.4, -0.2) is 15.7 Å². The van der Waals surface area contributed by atoms with Crippen molar-refractivity contribution in [3.8, 4) is 0 Å². The number of carbonyl (C=O) groups excluding carboxylic acids is 1. The quantitative estimate of drug-likeness (QED) is 0.806. The fourth-order valence-electron chi connectivity index (χ4n) is 2.29. The van der Waals surface area contributed by atoms with E-state index in [1.807, 2.05) is 0 Å². The van der Waals surface area contributed by atoms with Gasteiger partial charge in [-0.15, -0.1) is 0 Å². The van der Waals surface area contributed by atoms with E-state index >= 15 is 0 Å². The minimum Gasteiger partial charge on any atom is -0.366 e. The minimum absolute atomic E-state index is 0.332. The molecule has 4 nitrogen and oxygen atoms in total. The third kappa shape index (κ3) is 3.18. The molecule has 0 unspecified atom stereocenters. The normalized spacial score (nSPS) is 11.8. The molecule has 0 radical (unpaired) electrons. The second kappa shape index (κ2) is 5.42. The highest BCUT2D eigenvalue weighted by atomic mass is 19.4. The Balaban J connectivity index is 1.85. The van der Waals surface area contributed by atoms with Gasteiger partial charge in [-0.25, -0.2) is 0 Å². The Morgan fingerprint density at radius 3 is 2.43 bits per heavy atom. The number of hydrogen-bond donors (Lipinski definition) is 1. The third-order valence-electron chi connectivity index (χ3n) is 3.47. The maximum atomic E-state index is 12.5. The fraction of sp³-hybridized carbons (Fsp3) is 0.125. The number of rotatable bonds is 3. The van der Waals surface area contributed by atoms with Crippen LogP contribution < -0.4 is 5.73 Å². The van der Waals surface area contributed by atoms with Gasteiger partial charge >= 0.3 is 6.18 Å². The molecular formula is C16H12F3N3O. The number of primary amides is 1. The molecule has 0 bridgehead atoms. The van der Waals surface area contributed by atoms with Gasteiger partial charge in [-0.3, -0.25) is 9.48 Å². The Morgan fingerprint density at radius 1 is 1.13 bits per heavy atom. The fourth-order valence-corrected chi connectivity index (χ4v) is 2.29. The molecule has 7 heteroatoms. The average molecular weight is 319 g/mol. The van der Waals surface area contributed by atoms with Crippen molar-refractivity contribution in [3.05, 3.63) is 65.4 Å². The van der Waals surface area contributed by atoms with Crippen LogP contribution in [0.1, 0.15) is 21.5 Å². The Labute approximate surface area is 129 Å². The molecule has 0 fully saturated rings. The van der Waals surface area contributed by atoms with Crippen LogP contribution in [0.25, 0.3) is 10.9 Å². The van der Waals surface area contributed by atoms with Crippen LogP contribution in [0.5, 0.6) is 0 Å². The second-order valence-corrected chi connectivity index (χ2v) is 5.16. The van der Waals surface area contributed by atoms with Gasteiger partial charge in [0.25, 0.3) is 0 Å². The lowest BCUT2D eigenvalue weighted by molar-refractivity contribution is -0.137. The number of aromatic nitrogens is 2. The van der Waals surface area contributed by atoms with Crippen molar-refractivity contribution in [2.75, 3.05) is 0 Å². The smallest absolute Gasteiger partial charge is 0.366 e. The van der Waals surface area contributed by atoms with Crippen molar-refractivity contribution < 1.29 is 18.0 Å². The Bertz CT molecular complexity index is 866. The van der Waals surface area contributed by atoms with Crippen LogP contribution in [0.2, 0.25) is 0 Å². The van der Waals surface area contributed by atoms with Crippen LogP contribution in [-0.2, 0) is 12.7 Å². The van der Waals surface area contributed by atoms with Crippen LogP contribution >= 0.6 is 0 Å². The highest BCUT2D eigenvalue weighted by molar-refractivity contribution is 5.96. The Morgan fingerprint density at radius 2 is 1.83 bits per heavy atom. The molecule has 0 aliphatic rings. The lowest BCUT2D eigenvalue weighted by Gasteiger charge is -2.07. The zero-order valence-corrected chi connectivity index (χ0v) is 11.8. The van der Waals surface area contributed by atoms with E-state index in [1.165, 1.54) is 12.1 Å². The number of halogens is 3. The predicted octanol–water partition coefficient (Wildman–Crippen LogP) is 3.20. The van der Waals surface area contributed by atoms with Gasteiger partial charge in [0.2, 0.25) is 5.91 Å². The standard InChI is InChI=1S/C16H12F3N3O/c17-16(18,19)13-5-1-10(2-6-13)8-22-9-12-4-3-11(15(20)23)7-14(12)21-22/h1-7,9H,8H2,(H2,20,23). The molecule has 0 spiro atoms. The van der Waals surface area contributed by atoms with Gasteiger partial charge in [-0.05, 0) is 29.8 Å². The molecule has 23 heavy (non-hydrogen) atoms. The summed E-state index contributed by atoms with van der Waals surface area (Å²) < 4.78 is 39.2. The Kier molecular flexibility index (Phi) is 3.55. The lowest BCUT2D eigenvalue weighted by atomic mass is 10.1. The van der Waals surface area contributed by atoms with Crippen LogP contribution in [0.15, 0.2) is 48.7 Å². The first-order chi connectivity index (χ1) is 10.8. The summed E-state index contributed by atoms with van der Waals surface area (Å²) in [6.07, 6.45) is -2.58. The first-order valence-electron chi connectivity index (χ1n) is 6.76. The van der Waals surface area contributed by atoms with Crippen molar-refractivity contribution in [2.45, 2.75) is 12.7 Å². The number of carbonyl (C=O) groups is 1. The second-order valence-electron chi connectivity index (χ2n) is 5.16. The lowest BCUT2D eigenvalue weighted by Crippen LogP contribution is -2.10.